The Bertz CT molecular complexity index is 921. The molecule has 0 spiro atoms. The van der Waals surface area contributed by atoms with Crippen molar-refractivity contribution < 1.29 is 9.53 Å². The molecule has 0 unspecified atom stereocenters. The molecule has 0 aliphatic carbocycles. The summed E-state index contributed by atoms with van der Waals surface area (Å²) in [7, 11) is 0. The molecule has 0 fully saturated rings. The molecule has 0 atom stereocenters. The molecule has 1 amide bonds. The Balaban J connectivity index is 1.43. The molecule has 3 rings (SSSR count). The van der Waals surface area contributed by atoms with Crippen LogP contribution in [0.5, 0.6) is 5.75 Å². The van der Waals surface area contributed by atoms with Gasteiger partial charge < -0.3 is 10.1 Å². The monoisotopic (exact) mass is 391 g/mol. The highest BCUT2D eigenvalue weighted by Gasteiger charge is 2.01. The Labute approximate surface area is 170 Å². The van der Waals surface area contributed by atoms with Gasteiger partial charge >= 0.3 is 0 Å². The molecular weight excluding hydrogens is 370 g/mol. The van der Waals surface area contributed by atoms with Crippen LogP contribution in [0.15, 0.2) is 84.9 Å². The van der Waals surface area contributed by atoms with Gasteiger partial charge in [0.1, 0.15) is 5.75 Å². The molecule has 4 heteroatoms. The normalized spacial score (nSPS) is 10.8. The molecule has 0 aliphatic heterocycles. The zero-order chi connectivity index (χ0) is 19.6. The van der Waals surface area contributed by atoms with E-state index in [1.807, 2.05) is 60.7 Å². The lowest BCUT2D eigenvalue weighted by Gasteiger charge is -2.08. The molecule has 0 saturated carbocycles. The van der Waals surface area contributed by atoms with Gasteiger partial charge in [0.05, 0.1) is 6.61 Å². The number of hydrogen-bond acceptors (Lipinski definition) is 2. The van der Waals surface area contributed by atoms with Crippen LogP contribution >= 0.6 is 11.6 Å². The van der Waals surface area contributed by atoms with E-state index in [0.717, 1.165) is 24.2 Å². The molecule has 142 valence electrons. The highest BCUT2D eigenvalue weighted by molar-refractivity contribution is 6.32. The molecule has 0 aromatic heterocycles. The molecule has 0 saturated heterocycles. The minimum absolute atomic E-state index is 0.212. The van der Waals surface area contributed by atoms with E-state index in [9.17, 15) is 4.79 Å². The number of carbonyl (C=O) groups excluding carboxylic acids is 1. The summed E-state index contributed by atoms with van der Waals surface area (Å²) in [6, 6.07) is 25.1. The summed E-state index contributed by atoms with van der Waals surface area (Å²) >= 11 is 6.08. The first kappa shape index (κ1) is 19.7. The number of halogens is 1. The van der Waals surface area contributed by atoms with Crippen molar-refractivity contribution in [2.45, 2.75) is 12.8 Å². The van der Waals surface area contributed by atoms with Crippen LogP contribution in [0.3, 0.4) is 0 Å². The Morgan fingerprint density at radius 2 is 1.64 bits per heavy atom. The zero-order valence-electron chi connectivity index (χ0n) is 15.5. The predicted molar refractivity (Wildman–Crippen MR) is 116 cm³/mol. The van der Waals surface area contributed by atoms with Crippen LogP contribution in [-0.2, 0) is 11.2 Å². The van der Waals surface area contributed by atoms with E-state index in [4.69, 9.17) is 16.3 Å². The third kappa shape index (κ3) is 6.29. The molecule has 0 bridgehead atoms. The first-order chi connectivity index (χ1) is 13.7. The first-order valence-electron chi connectivity index (χ1n) is 9.21. The quantitative estimate of drug-likeness (QED) is 0.377. The van der Waals surface area contributed by atoms with Gasteiger partial charge in [0.2, 0.25) is 5.91 Å². The number of benzene rings is 3. The topological polar surface area (TPSA) is 38.3 Å². The second-order valence-electron chi connectivity index (χ2n) is 6.31. The van der Waals surface area contributed by atoms with Gasteiger partial charge in [-0.25, -0.2) is 0 Å². The Kier molecular flexibility index (Phi) is 7.28. The van der Waals surface area contributed by atoms with E-state index in [1.54, 1.807) is 12.1 Å². The van der Waals surface area contributed by atoms with Crippen LogP contribution < -0.4 is 10.1 Å². The zero-order valence-corrected chi connectivity index (χ0v) is 16.2. The minimum Gasteiger partial charge on any atom is -0.494 e. The standard InChI is InChI=1S/C24H22ClNO2/c25-23-11-5-4-10-20(23)12-17-24(27)26-21-13-15-22(16-14-21)28-18-6-9-19-7-2-1-3-8-19/h1-5,7-8,10-17H,6,9,18H2,(H,26,27)/b17-12+. The van der Waals surface area contributed by atoms with Crippen LogP contribution in [0.1, 0.15) is 17.5 Å². The number of nitrogens with one attached hydrogen (secondary N) is 1. The number of carbonyl (C=O) groups is 1. The van der Waals surface area contributed by atoms with E-state index in [-0.39, 0.29) is 5.91 Å². The van der Waals surface area contributed by atoms with Crippen molar-refractivity contribution in [3.63, 3.8) is 0 Å². The predicted octanol–water partition coefficient (Wildman–Crippen LogP) is 6.00. The maximum Gasteiger partial charge on any atom is 0.248 e. The van der Waals surface area contributed by atoms with Crippen molar-refractivity contribution in [3.8, 4) is 5.75 Å². The summed E-state index contributed by atoms with van der Waals surface area (Å²) in [5.74, 6) is 0.578. The SMILES string of the molecule is O=C(/C=C/c1ccccc1Cl)Nc1ccc(OCCCc2ccccc2)cc1. The molecule has 28 heavy (non-hydrogen) atoms. The fourth-order valence-electron chi connectivity index (χ4n) is 2.71. The molecule has 1 N–H and O–H groups in total. The van der Waals surface area contributed by atoms with Gasteiger partial charge in [-0.1, -0.05) is 60.1 Å². The lowest BCUT2D eigenvalue weighted by Crippen LogP contribution is -2.07. The lowest BCUT2D eigenvalue weighted by molar-refractivity contribution is -0.111. The van der Waals surface area contributed by atoms with Crippen LogP contribution in [0.25, 0.3) is 6.08 Å². The van der Waals surface area contributed by atoms with E-state index >= 15 is 0 Å². The lowest BCUT2D eigenvalue weighted by atomic mass is 10.1. The molecule has 3 nitrogen and oxygen atoms in total. The van der Waals surface area contributed by atoms with Crippen LogP contribution in [0.2, 0.25) is 5.02 Å². The molecule has 0 aliphatic rings. The summed E-state index contributed by atoms with van der Waals surface area (Å²) in [5, 5.41) is 3.43. The summed E-state index contributed by atoms with van der Waals surface area (Å²) in [6.07, 6.45) is 5.11. The molecular formula is C24H22ClNO2. The van der Waals surface area contributed by atoms with Crippen molar-refractivity contribution in [2.75, 3.05) is 11.9 Å². The summed E-state index contributed by atoms with van der Waals surface area (Å²) < 4.78 is 5.76. The smallest absolute Gasteiger partial charge is 0.248 e. The number of rotatable bonds is 8. The fourth-order valence-corrected chi connectivity index (χ4v) is 2.90. The highest BCUT2D eigenvalue weighted by Crippen LogP contribution is 2.18. The largest absolute Gasteiger partial charge is 0.494 e. The van der Waals surface area contributed by atoms with E-state index < -0.39 is 0 Å². The van der Waals surface area contributed by atoms with Crippen LogP contribution in [0, 0.1) is 0 Å². The highest BCUT2D eigenvalue weighted by atomic mass is 35.5. The van der Waals surface area contributed by atoms with E-state index in [2.05, 4.69) is 17.4 Å². The first-order valence-corrected chi connectivity index (χ1v) is 9.59. The van der Waals surface area contributed by atoms with E-state index in [0.29, 0.717) is 17.3 Å². The van der Waals surface area contributed by atoms with E-state index in [1.165, 1.54) is 11.6 Å². The maximum atomic E-state index is 12.1. The van der Waals surface area contributed by atoms with Gasteiger partial charge in [-0.3, -0.25) is 4.79 Å². The second kappa shape index (κ2) is 10.3. The minimum atomic E-state index is -0.212. The fraction of sp³-hybridized carbons (Fsp3) is 0.125. The maximum absolute atomic E-state index is 12.1. The van der Waals surface area contributed by atoms with Gasteiger partial charge in [0.15, 0.2) is 0 Å². The average Bonchev–Trinajstić information content (AvgIpc) is 2.72. The van der Waals surface area contributed by atoms with Gasteiger partial charge in [-0.15, -0.1) is 0 Å². The third-order valence-corrected chi connectivity index (χ3v) is 4.51. The van der Waals surface area contributed by atoms with Gasteiger partial charge in [-0.05, 0) is 60.4 Å². The van der Waals surface area contributed by atoms with Crippen molar-refractivity contribution in [2.24, 2.45) is 0 Å². The number of anilines is 1. The van der Waals surface area contributed by atoms with Gasteiger partial charge in [0, 0.05) is 16.8 Å². The average molecular weight is 392 g/mol. The van der Waals surface area contributed by atoms with Crippen molar-refractivity contribution in [1.82, 2.24) is 0 Å². The molecule has 3 aromatic rings. The Morgan fingerprint density at radius 1 is 0.929 bits per heavy atom. The summed E-state index contributed by atoms with van der Waals surface area (Å²) in [4.78, 5) is 12.1. The second-order valence-corrected chi connectivity index (χ2v) is 6.71. The van der Waals surface area contributed by atoms with Crippen LogP contribution in [0.4, 0.5) is 5.69 Å². The molecule has 0 radical (unpaired) electrons. The third-order valence-electron chi connectivity index (χ3n) is 4.16. The number of hydrogen-bond donors (Lipinski definition) is 1. The summed E-state index contributed by atoms with van der Waals surface area (Å²) in [5.41, 5.74) is 2.83. The Morgan fingerprint density at radius 3 is 2.39 bits per heavy atom. The van der Waals surface area contributed by atoms with Crippen LogP contribution in [-0.4, -0.2) is 12.5 Å². The number of amides is 1. The molecule has 0 heterocycles. The number of aryl methyl sites for hydroxylation is 1. The van der Waals surface area contributed by atoms with Gasteiger partial charge in [0.25, 0.3) is 0 Å². The molecule has 3 aromatic carbocycles. The van der Waals surface area contributed by atoms with Crippen molar-refractivity contribution in [3.05, 3.63) is 101 Å². The van der Waals surface area contributed by atoms with Gasteiger partial charge in [-0.2, -0.15) is 0 Å². The number of ether oxygens (including phenoxy) is 1. The Hall–Kier alpha value is -3.04. The van der Waals surface area contributed by atoms with Crippen molar-refractivity contribution >= 4 is 29.3 Å². The van der Waals surface area contributed by atoms with Crippen molar-refractivity contribution in [1.29, 1.82) is 0 Å². The summed E-state index contributed by atoms with van der Waals surface area (Å²) in [6.45, 7) is 0.654.